The number of phenols is 2. The monoisotopic (exact) mass is 1230 g/mol. The molecule has 2 amide bonds. The fraction of sp³-hybridized carbons (Fsp3) is 0.429. The van der Waals surface area contributed by atoms with Crippen LogP contribution in [0.3, 0.4) is 0 Å². The van der Waals surface area contributed by atoms with Gasteiger partial charge in [-0.1, -0.05) is 44.7 Å². The largest absolute Gasteiger partial charge is 0.507 e. The molecule has 472 valence electrons. The lowest BCUT2D eigenvalue weighted by atomic mass is 9.72. The van der Waals surface area contributed by atoms with Gasteiger partial charge in [0.05, 0.1) is 71.1 Å². The third kappa shape index (κ3) is 13.1. The number of rotatable bonds is 19. The number of phenolic OH excluding ortho intramolecular Hbond substituents is 2. The minimum atomic E-state index is -2.42. The number of aliphatic hydroxyl groups excluding tert-OH is 1. The number of aliphatic hydroxyl groups is 2. The van der Waals surface area contributed by atoms with E-state index in [4.69, 9.17) is 39.1 Å². The van der Waals surface area contributed by atoms with Crippen molar-refractivity contribution in [1.29, 1.82) is 0 Å². The van der Waals surface area contributed by atoms with Crippen molar-refractivity contribution >= 4 is 69.5 Å². The fourth-order valence-corrected chi connectivity index (χ4v) is 11.6. The normalized spacial score (nSPS) is 21.7. The van der Waals surface area contributed by atoms with Gasteiger partial charge in [0.2, 0.25) is 29.0 Å². The Morgan fingerprint density at radius 2 is 1.53 bits per heavy atom. The van der Waals surface area contributed by atoms with Crippen molar-refractivity contribution in [3.8, 4) is 28.6 Å². The number of aromatic nitrogens is 2. The summed E-state index contributed by atoms with van der Waals surface area (Å²) < 4.78 is 34.8. The number of Topliss-reactive ketones (excluding diaryl/α,β-unsaturated/α-hetero) is 3. The van der Waals surface area contributed by atoms with Crippen LogP contribution in [-0.4, -0.2) is 146 Å². The number of methoxy groups -OCH3 is 1. The maximum atomic E-state index is 13.9. The van der Waals surface area contributed by atoms with Crippen molar-refractivity contribution in [2.24, 2.45) is 5.73 Å². The number of fused-ring (bicyclic) bond motifs is 8. The molecule has 10 rings (SSSR count). The fourth-order valence-electron chi connectivity index (χ4n) is 11.6. The Balaban J connectivity index is 0.000000236. The summed E-state index contributed by atoms with van der Waals surface area (Å²) in [5.74, 6) is -8.05. The van der Waals surface area contributed by atoms with Crippen molar-refractivity contribution in [3.63, 3.8) is 0 Å². The number of carbonyl (C=O) groups excluding carboxylic acids is 10. The second-order valence-corrected chi connectivity index (χ2v) is 22.2. The molecule has 0 saturated carbocycles. The lowest BCUT2D eigenvalue weighted by Crippen LogP contribution is -2.53. The number of aromatic hydroxyl groups is 2. The van der Waals surface area contributed by atoms with Crippen LogP contribution in [0.25, 0.3) is 22.3 Å². The second kappa shape index (κ2) is 26.7. The van der Waals surface area contributed by atoms with E-state index in [2.05, 4.69) is 10.6 Å². The van der Waals surface area contributed by atoms with Gasteiger partial charge in [0, 0.05) is 84.2 Å². The molecule has 26 heteroatoms. The van der Waals surface area contributed by atoms with Gasteiger partial charge in [0.15, 0.2) is 18.7 Å². The summed E-state index contributed by atoms with van der Waals surface area (Å²) in [6.07, 6.45) is -5.24. The van der Waals surface area contributed by atoms with E-state index in [1.54, 1.807) is 24.5 Å². The SMILES string of the molecule is C.CC[C@]1(OC(=O)CNC(=O)CCCC(C)=O)C(=O)OCc2c1cc1n(c2=O)Cc2cc3ccccc3nc2-1.COc1cccc2c1C(=O)c1c(O)c3c(c(O)c1C2=O)C[C@@](O)(C(=O)COC(=O)CNC(=O)CCC(C)=O)C[C@H]3OC1CC(N)C(O)C(C)O1. The van der Waals surface area contributed by atoms with E-state index in [9.17, 15) is 73.2 Å². The van der Waals surface area contributed by atoms with Gasteiger partial charge in [-0.15, -0.1) is 0 Å². The molecule has 0 spiro atoms. The smallest absolute Gasteiger partial charge is 0.355 e. The first-order valence-corrected chi connectivity index (χ1v) is 28.4. The first kappa shape index (κ1) is 65.9. The summed E-state index contributed by atoms with van der Waals surface area (Å²) in [5, 5.41) is 51.0. The molecule has 8 N–H and O–H groups in total. The van der Waals surface area contributed by atoms with Crippen LogP contribution in [0.2, 0.25) is 0 Å². The number of nitrogens with two attached hydrogens (primary N) is 1. The number of hydrogen-bond donors (Lipinski definition) is 7. The molecule has 1 saturated heterocycles. The number of carbonyl (C=O) groups is 10. The molecule has 7 atom stereocenters. The van der Waals surface area contributed by atoms with Crippen molar-refractivity contribution in [2.75, 3.05) is 26.8 Å². The third-order valence-electron chi connectivity index (χ3n) is 16.2. The number of para-hydroxylation sites is 1. The molecule has 5 heterocycles. The zero-order chi connectivity index (χ0) is 63.7. The first-order valence-electron chi connectivity index (χ1n) is 28.4. The minimum Gasteiger partial charge on any atom is -0.507 e. The van der Waals surface area contributed by atoms with E-state index in [1.165, 1.54) is 39.2 Å². The van der Waals surface area contributed by atoms with Crippen LogP contribution in [0.15, 0.2) is 59.4 Å². The molecule has 0 bridgehead atoms. The van der Waals surface area contributed by atoms with Crippen molar-refractivity contribution < 1.29 is 96.8 Å². The van der Waals surface area contributed by atoms with Crippen LogP contribution >= 0.6 is 0 Å². The highest BCUT2D eigenvalue weighted by molar-refractivity contribution is 6.31. The van der Waals surface area contributed by atoms with E-state index >= 15 is 0 Å². The molecule has 2 aliphatic carbocycles. The Morgan fingerprint density at radius 1 is 0.843 bits per heavy atom. The van der Waals surface area contributed by atoms with Gasteiger partial charge < -0.3 is 79.4 Å². The Labute approximate surface area is 508 Å². The number of amides is 2. The first-order chi connectivity index (χ1) is 41.8. The summed E-state index contributed by atoms with van der Waals surface area (Å²) in [4.78, 5) is 144. The summed E-state index contributed by atoms with van der Waals surface area (Å²) >= 11 is 0. The summed E-state index contributed by atoms with van der Waals surface area (Å²) in [6.45, 7) is 3.99. The highest BCUT2D eigenvalue weighted by Gasteiger charge is 2.52. The van der Waals surface area contributed by atoms with E-state index in [0.717, 1.165) is 16.5 Å². The van der Waals surface area contributed by atoms with Gasteiger partial charge in [-0.25, -0.2) is 9.78 Å². The molecule has 1 fully saturated rings. The number of nitrogens with zero attached hydrogens (tertiary/aromatic N) is 2. The molecule has 0 radical (unpaired) electrons. The molecule has 2 aromatic heterocycles. The lowest BCUT2D eigenvalue weighted by molar-refractivity contribution is -0.247. The number of esters is 3. The van der Waals surface area contributed by atoms with Gasteiger partial charge in [0.1, 0.15) is 54.1 Å². The van der Waals surface area contributed by atoms with Crippen molar-refractivity contribution in [3.05, 3.63) is 115 Å². The number of cyclic esters (lactones) is 1. The van der Waals surface area contributed by atoms with Crippen LogP contribution in [0, 0.1) is 0 Å². The van der Waals surface area contributed by atoms with Crippen LogP contribution in [-0.2, 0) is 87.2 Å². The molecule has 3 aromatic carbocycles. The maximum Gasteiger partial charge on any atom is 0.355 e. The van der Waals surface area contributed by atoms with Gasteiger partial charge in [-0.05, 0) is 57.9 Å². The molecule has 5 aliphatic rings. The Kier molecular flexibility index (Phi) is 19.8. The summed E-state index contributed by atoms with van der Waals surface area (Å²) in [6, 6.07) is 14.8. The molecule has 26 nitrogen and oxygen atoms in total. The van der Waals surface area contributed by atoms with Crippen molar-refractivity contribution in [1.82, 2.24) is 20.2 Å². The predicted octanol–water partition coefficient (Wildman–Crippen LogP) is 3.18. The average molecular weight is 1230 g/mol. The van der Waals surface area contributed by atoms with Gasteiger partial charge in [-0.2, -0.15) is 0 Å². The van der Waals surface area contributed by atoms with Gasteiger partial charge in [-0.3, -0.25) is 38.4 Å². The number of hydrogen-bond acceptors (Lipinski definition) is 23. The number of ether oxygens (including phenoxy) is 6. The average Bonchev–Trinajstić information content (AvgIpc) is 1.16. The van der Waals surface area contributed by atoms with Crippen LogP contribution in [0.4, 0.5) is 0 Å². The lowest BCUT2D eigenvalue weighted by Gasteiger charge is -2.42. The molecule has 89 heavy (non-hydrogen) atoms. The standard InChI is InChI=1S/C34H38N2O14.C28H27N3O7.CH4/c1-14(37)7-8-22(39)36-12-23(40)48-13-21(38)34(46)10-17-26(20(11-34)50-24-9-18(35)29(41)15(2)49-24)33(45)28-27(31(17)43)30(42)16-5-4-6-19(47-3)25(16)32(28)44;1-3-28(38-24(34)13-29-23(33)10-6-7-16(2)32)20-12-22-25-18(11-17-8-4-5-9-21(17)30-25)14-31(22)26(35)19(20)15-37-27(28)36;/h4-6,15,18,20,24,29,41,43,45-46H,7-13,35H2,1-3H3,(H,36,39);4-5,8-9,11-12H,3,6-7,10,13-15H2,1-2H3,(H,29,33);1H4/t15?,18?,20-,24?,29?,34+;28-;/m11./s1. The highest BCUT2D eigenvalue weighted by Crippen LogP contribution is 2.53. The molecule has 4 unspecified atom stereocenters. The zero-order valence-electron chi connectivity index (χ0n) is 48.7. The number of pyridine rings is 2. The predicted molar refractivity (Wildman–Crippen MR) is 311 cm³/mol. The number of benzene rings is 3. The maximum absolute atomic E-state index is 13.9. The van der Waals surface area contributed by atoms with Crippen molar-refractivity contribution in [2.45, 2.75) is 148 Å². The Bertz CT molecular complexity index is 3810. The van der Waals surface area contributed by atoms with E-state index in [1.807, 2.05) is 30.3 Å². The van der Waals surface area contributed by atoms with Crippen LogP contribution < -0.4 is 26.7 Å². The minimum absolute atomic E-state index is 0. The van der Waals surface area contributed by atoms with E-state index < -0.39 is 144 Å². The highest BCUT2D eigenvalue weighted by atomic mass is 16.7. The Hall–Kier alpha value is -9.08. The van der Waals surface area contributed by atoms with Crippen LogP contribution in [0.5, 0.6) is 17.2 Å². The van der Waals surface area contributed by atoms with E-state index in [0.29, 0.717) is 24.4 Å². The van der Waals surface area contributed by atoms with Crippen LogP contribution in [0.1, 0.15) is 152 Å². The topological polar surface area (TPSA) is 392 Å². The zero-order valence-corrected chi connectivity index (χ0v) is 48.7. The van der Waals surface area contributed by atoms with E-state index in [-0.39, 0.29) is 109 Å². The molecule has 5 aromatic rings. The number of nitrogens with one attached hydrogen (secondary N) is 2. The molecular weight excluding hydrogens is 1160 g/mol. The molecule has 3 aliphatic heterocycles. The number of ketones is 5. The van der Waals surface area contributed by atoms with Gasteiger partial charge in [0.25, 0.3) is 5.56 Å². The Morgan fingerprint density at radius 3 is 2.21 bits per heavy atom. The summed E-state index contributed by atoms with van der Waals surface area (Å²) in [7, 11) is 1.30. The third-order valence-corrected chi connectivity index (χ3v) is 16.2. The second-order valence-electron chi connectivity index (χ2n) is 22.2. The quantitative estimate of drug-likeness (QED) is 0.0347. The summed E-state index contributed by atoms with van der Waals surface area (Å²) in [5.41, 5.74) is 3.02. The molecular formula is C63H69N5O21. The van der Waals surface area contributed by atoms with Gasteiger partial charge >= 0.3 is 17.9 Å².